The zero-order valence-corrected chi connectivity index (χ0v) is 15.1. The van der Waals surface area contributed by atoms with Gasteiger partial charge in [0.15, 0.2) is 0 Å². The highest BCUT2D eigenvalue weighted by Gasteiger charge is 2.08. The molecule has 2 aromatic carbocycles. The second-order valence-electron chi connectivity index (χ2n) is 5.84. The summed E-state index contributed by atoms with van der Waals surface area (Å²) in [6.07, 6.45) is 3.27. The molecule has 1 atom stereocenters. The summed E-state index contributed by atoms with van der Waals surface area (Å²) >= 11 is 1.57. The molecule has 0 aliphatic carbocycles. The van der Waals surface area contributed by atoms with Crippen LogP contribution in [0.4, 0.5) is 0 Å². The Morgan fingerprint density at radius 2 is 1.76 bits per heavy atom. The van der Waals surface area contributed by atoms with Crippen molar-refractivity contribution in [1.82, 2.24) is 10.3 Å². The lowest BCUT2D eigenvalue weighted by Crippen LogP contribution is -2.24. The lowest BCUT2D eigenvalue weighted by atomic mass is 10.0. The van der Waals surface area contributed by atoms with Crippen LogP contribution in [-0.2, 0) is 4.79 Å². The fourth-order valence-corrected chi connectivity index (χ4v) is 3.14. The Morgan fingerprint density at radius 3 is 2.40 bits per heavy atom. The average Bonchev–Trinajstić information content (AvgIpc) is 3.06. The number of nitrogens with one attached hydrogen (secondary N) is 1. The quantitative estimate of drug-likeness (QED) is 0.659. The molecule has 1 heterocycles. The lowest BCUT2D eigenvalue weighted by Gasteiger charge is -2.13. The molecule has 0 spiro atoms. The van der Waals surface area contributed by atoms with Crippen molar-refractivity contribution in [1.29, 1.82) is 0 Å². The summed E-state index contributed by atoms with van der Waals surface area (Å²) < 4.78 is 0. The van der Waals surface area contributed by atoms with E-state index in [4.69, 9.17) is 0 Å². The summed E-state index contributed by atoms with van der Waals surface area (Å²) in [7, 11) is 0. The molecule has 0 fully saturated rings. The first-order valence-electron chi connectivity index (χ1n) is 8.18. The highest BCUT2D eigenvalue weighted by molar-refractivity contribution is 7.09. The molecule has 0 aliphatic rings. The van der Waals surface area contributed by atoms with Crippen LogP contribution in [0.25, 0.3) is 17.2 Å². The molecule has 0 aliphatic heterocycles. The number of thiazole rings is 1. The van der Waals surface area contributed by atoms with Gasteiger partial charge in [-0.15, -0.1) is 11.3 Å². The van der Waals surface area contributed by atoms with E-state index < -0.39 is 0 Å². The minimum absolute atomic E-state index is 0.0563. The predicted molar refractivity (Wildman–Crippen MR) is 104 cm³/mol. The van der Waals surface area contributed by atoms with Gasteiger partial charge in [0.05, 0.1) is 16.7 Å². The Labute approximate surface area is 152 Å². The lowest BCUT2D eigenvalue weighted by molar-refractivity contribution is -0.117. The van der Waals surface area contributed by atoms with Crippen LogP contribution in [0.15, 0.2) is 66.1 Å². The summed E-state index contributed by atoms with van der Waals surface area (Å²) in [5.41, 5.74) is 4.25. The molecule has 0 radical (unpaired) electrons. The predicted octanol–water partition coefficient (Wildman–Crippen LogP) is 5.01. The first-order valence-corrected chi connectivity index (χ1v) is 9.06. The maximum atomic E-state index is 12.1. The number of hydrogen-bond acceptors (Lipinski definition) is 3. The molecule has 1 N–H and O–H groups in total. The highest BCUT2D eigenvalue weighted by Crippen LogP contribution is 2.21. The van der Waals surface area contributed by atoms with Gasteiger partial charge < -0.3 is 5.32 Å². The van der Waals surface area contributed by atoms with Crippen LogP contribution in [-0.4, -0.2) is 10.9 Å². The fourth-order valence-electron chi connectivity index (χ4n) is 2.56. The van der Waals surface area contributed by atoms with Gasteiger partial charge in [-0.3, -0.25) is 4.79 Å². The summed E-state index contributed by atoms with van der Waals surface area (Å²) in [6.45, 7) is 3.93. The summed E-state index contributed by atoms with van der Waals surface area (Å²) in [5.74, 6) is -0.120. The van der Waals surface area contributed by atoms with E-state index >= 15 is 0 Å². The van der Waals surface area contributed by atoms with E-state index in [9.17, 15) is 4.79 Å². The number of carbonyl (C=O) groups is 1. The van der Waals surface area contributed by atoms with Crippen LogP contribution < -0.4 is 5.32 Å². The third-order valence-corrected chi connectivity index (χ3v) is 4.71. The van der Waals surface area contributed by atoms with Crippen molar-refractivity contribution in [3.63, 3.8) is 0 Å². The Bertz CT molecular complexity index is 866. The maximum Gasteiger partial charge on any atom is 0.244 e. The first kappa shape index (κ1) is 17.1. The van der Waals surface area contributed by atoms with Crippen molar-refractivity contribution in [2.24, 2.45) is 0 Å². The molecule has 1 unspecified atom stereocenters. The second-order valence-corrected chi connectivity index (χ2v) is 6.91. The first-order chi connectivity index (χ1) is 12.1. The van der Waals surface area contributed by atoms with E-state index in [0.717, 1.165) is 16.3 Å². The Kier molecular flexibility index (Phi) is 5.41. The molecular weight excluding hydrogens is 328 g/mol. The second kappa shape index (κ2) is 7.90. The fraction of sp³-hybridized carbons (Fsp3) is 0.143. The number of aryl methyl sites for hydroxylation is 1. The zero-order valence-electron chi connectivity index (χ0n) is 14.3. The van der Waals surface area contributed by atoms with Crippen LogP contribution in [0.5, 0.6) is 0 Å². The Balaban J connectivity index is 1.62. The number of rotatable bonds is 5. The number of aromatic nitrogens is 1. The number of benzene rings is 2. The molecule has 0 bridgehead atoms. The minimum atomic E-state index is -0.120. The van der Waals surface area contributed by atoms with Gasteiger partial charge in [-0.25, -0.2) is 4.98 Å². The molecule has 4 heteroatoms. The van der Waals surface area contributed by atoms with Gasteiger partial charge in [-0.05, 0) is 36.6 Å². The van der Waals surface area contributed by atoms with E-state index in [2.05, 4.69) is 46.7 Å². The van der Waals surface area contributed by atoms with Gasteiger partial charge in [0.2, 0.25) is 5.91 Å². The SMILES string of the molecule is Cc1nc(/C=C/C(=O)NC(C)c2ccc(-c3ccccc3)cc2)cs1. The van der Waals surface area contributed by atoms with E-state index in [1.54, 1.807) is 17.4 Å². The van der Waals surface area contributed by atoms with Crippen LogP contribution in [0.3, 0.4) is 0 Å². The zero-order chi connectivity index (χ0) is 17.6. The van der Waals surface area contributed by atoms with Crippen molar-refractivity contribution in [2.75, 3.05) is 0 Å². The largest absolute Gasteiger partial charge is 0.346 e. The van der Waals surface area contributed by atoms with Gasteiger partial charge in [-0.1, -0.05) is 54.6 Å². The van der Waals surface area contributed by atoms with Crippen molar-refractivity contribution in [2.45, 2.75) is 19.9 Å². The van der Waals surface area contributed by atoms with Crippen LogP contribution >= 0.6 is 11.3 Å². The monoisotopic (exact) mass is 348 g/mol. The van der Waals surface area contributed by atoms with Gasteiger partial charge in [0.25, 0.3) is 0 Å². The molecule has 0 saturated carbocycles. The molecule has 0 saturated heterocycles. The molecule has 3 nitrogen and oxygen atoms in total. The third kappa shape index (κ3) is 4.64. The van der Waals surface area contributed by atoms with Crippen LogP contribution in [0.2, 0.25) is 0 Å². The highest BCUT2D eigenvalue weighted by atomic mass is 32.1. The number of hydrogen-bond donors (Lipinski definition) is 1. The van der Waals surface area contributed by atoms with Crippen LogP contribution in [0, 0.1) is 6.92 Å². The van der Waals surface area contributed by atoms with Gasteiger partial charge in [0, 0.05) is 11.5 Å². The maximum absolute atomic E-state index is 12.1. The summed E-state index contributed by atoms with van der Waals surface area (Å²) in [4.78, 5) is 16.4. The van der Waals surface area contributed by atoms with E-state index in [1.165, 1.54) is 17.2 Å². The standard InChI is InChI=1S/C21H20N2OS/c1-15(22-21(24)13-12-20-14-25-16(2)23-20)17-8-10-19(11-9-17)18-6-4-3-5-7-18/h3-15H,1-2H3,(H,22,24)/b13-12+. The van der Waals surface area contributed by atoms with Crippen LogP contribution in [0.1, 0.15) is 29.2 Å². The van der Waals surface area contributed by atoms with Crippen molar-refractivity contribution >= 4 is 23.3 Å². The normalized spacial score (nSPS) is 12.2. The van der Waals surface area contributed by atoms with E-state index in [0.29, 0.717) is 0 Å². The van der Waals surface area contributed by atoms with E-state index in [-0.39, 0.29) is 11.9 Å². The van der Waals surface area contributed by atoms with Crippen molar-refractivity contribution in [3.8, 4) is 11.1 Å². The molecule has 3 aromatic rings. The molecule has 1 amide bonds. The van der Waals surface area contributed by atoms with Gasteiger partial charge >= 0.3 is 0 Å². The molecule has 3 rings (SSSR count). The number of carbonyl (C=O) groups excluding carboxylic acids is 1. The Hall–Kier alpha value is -2.72. The average molecular weight is 348 g/mol. The molecule has 25 heavy (non-hydrogen) atoms. The topological polar surface area (TPSA) is 42.0 Å². The molecular formula is C21H20N2OS. The minimum Gasteiger partial charge on any atom is -0.346 e. The number of amides is 1. The smallest absolute Gasteiger partial charge is 0.244 e. The summed E-state index contributed by atoms with van der Waals surface area (Å²) in [5, 5.41) is 5.91. The third-order valence-electron chi connectivity index (χ3n) is 3.92. The molecule has 1 aromatic heterocycles. The van der Waals surface area contributed by atoms with Gasteiger partial charge in [0.1, 0.15) is 0 Å². The van der Waals surface area contributed by atoms with Gasteiger partial charge in [-0.2, -0.15) is 0 Å². The molecule has 126 valence electrons. The number of nitrogens with zero attached hydrogens (tertiary/aromatic N) is 1. The summed E-state index contributed by atoms with van der Waals surface area (Å²) in [6, 6.07) is 18.5. The Morgan fingerprint density at radius 1 is 1.08 bits per heavy atom. The van der Waals surface area contributed by atoms with Crippen molar-refractivity contribution < 1.29 is 4.79 Å². The van der Waals surface area contributed by atoms with E-state index in [1.807, 2.05) is 37.4 Å². The van der Waals surface area contributed by atoms with Crippen molar-refractivity contribution in [3.05, 3.63) is 82.3 Å².